The van der Waals surface area contributed by atoms with Crippen LogP contribution in [0.2, 0.25) is 0 Å². The van der Waals surface area contributed by atoms with Gasteiger partial charge in [0.05, 0.1) is 0 Å². The predicted molar refractivity (Wildman–Crippen MR) is 99.1 cm³/mol. The monoisotopic (exact) mass is 292 g/mol. The lowest BCUT2D eigenvalue weighted by Crippen LogP contribution is -2.14. The lowest BCUT2D eigenvalue weighted by Gasteiger charge is -2.17. The normalized spacial score (nSPS) is 17.7. The molecule has 2 aliphatic carbocycles. The molecule has 0 radical (unpaired) electrons. The van der Waals surface area contributed by atoms with Gasteiger partial charge in [-0.1, -0.05) is 84.9 Å². The highest BCUT2D eigenvalue weighted by atomic mass is 14.3. The second-order valence-electron chi connectivity index (χ2n) is 6.56. The third-order valence-electron chi connectivity index (χ3n) is 5.36. The first-order valence-electron chi connectivity index (χ1n) is 8.37. The minimum Gasteiger partial charge on any atom is -0.0841 e. The molecule has 0 fully saturated rings. The summed E-state index contributed by atoms with van der Waals surface area (Å²) in [6.45, 7) is 0. The first-order chi connectivity index (χ1) is 11.4. The van der Waals surface area contributed by atoms with E-state index in [1.54, 1.807) is 0 Å². The minimum atomic E-state index is 0.503. The Bertz CT molecular complexity index is 877. The average molecular weight is 292 g/mol. The Morgan fingerprint density at radius 2 is 1.17 bits per heavy atom. The number of hydrogen-bond acceptors (Lipinski definition) is 0. The van der Waals surface area contributed by atoms with Crippen LogP contribution >= 0.6 is 0 Å². The van der Waals surface area contributed by atoms with Crippen molar-refractivity contribution in [3.05, 3.63) is 101 Å². The molecular weight excluding hydrogens is 275 g/mol. The number of rotatable bonds is 2. The van der Waals surface area contributed by atoms with Gasteiger partial charge in [0.1, 0.15) is 7.28 Å². The minimum absolute atomic E-state index is 0.503. The summed E-state index contributed by atoms with van der Waals surface area (Å²) in [4.78, 5) is 0. The molecule has 0 bridgehead atoms. The van der Waals surface area contributed by atoms with Crippen LogP contribution in [0.4, 0.5) is 0 Å². The van der Waals surface area contributed by atoms with Crippen LogP contribution in [-0.2, 0) is 0 Å². The molecule has 3 aromatic carbocycles. The summed E-state index contributed by atoms with van der Waals surface area (Å²) >= 11 is 0. The molecule has 0 aromatic heterocycles. The zero-order chi connectivity index (χ0) is 15.2. The fourth-order valence-corrected chi connectivity index (χ4v) is 4.30. The quantitative estimate of drug-likeness (QED) is 0.585. The first kappa shape index (κ1) is 13.0. The SMILES string of the molecule is B(C1C=Cc2ccccc21)C1c2ccccc2-c2ccccc21. The van der Waals surface area contributed by atoms with Crippen LogP contribution in [0.1, 0.15) is 33.9 Å². The molecule has 0 nitrogen and oxygen atoms in total. The lowest BCUT2D eigenvalue weighted by molar-refractivity contribution is 1.11. The zero-order valence-electron chi connectivity index (χ0n) is 12.9. The summed E-state index contributed by atoms with van der Waals surface area (Å²) in [5.74, 6) is 1.03. The van der Waals surface area contributed by atoms with Crippen molar-refractivity contribution in [1.29, 1.82) is 0 Å². The van der Waals surface area contributed by atoms with Gasteiger partial charge in [0.15, 0.2) is 0 Å². The summed E-state index contributed by atoms with van der Waals surface area (Å²) in [5, 5.41) is 0. The van der Waals surface area contributed by atoms with Crippen molar-refractivity contribution in [2.45, 2.75) is 11.6 Å². The van der Waals surface area contributed by atoms with Gasteiger partial charge in [-0.25, -0.2) is 0 Å². The number of hydrogen-bond donors (Lipinski definition) is 0. The number of allylic oxidation sites excluding steroid dienone is 1. The molecule has 1 unspecified atom stereocenters. The van der Waals surface area contributed by atoms with Crippen molar-refractivity contribution in [3.63, 3.8) is 0 Å². The Kier molecular flexibility index (Phi) is 2.81. The van der Waals surface area contributed by atoms with Crippen molar-refractivity contribution < 1.29 is 0 Å². The van der Waals surface area contributed by atoms with E-state index in [2.05, 4.69) is 84.9 Å². The Hall–Kier alpha value is -2.54. The van der Waals surface area contributed by atoms with Crippen LogP contribution < -0.4 is 0 Å². The molecule has 2 aliphatic rings. The van der Waals surface area contributed by atoms with Gasteiger partial charge in [-0.2, -0.15) is 0 Å². The van der Waals surface area contributed by atoms with Crippen molar-refractivity contribution >= 4 is 13.4 Å². The van der Waals surface area contributed by atoms with Gasteiger partial charge in [0.2, 0.25) is 0 Å². The number of fused-ring (bicyclic) bond motifs is 4. The van der Waals surface area contributed by atoms with Crippen LogP contribution in [0.3, 0.4) is 0 Å². The van der Waals surface area contributed by atoms with Gasteiger partial charge in [-0.3, -0.25) is 0 Å². The van der Waals surface area contributed by atoms with Gasteiger partial charge in [-0.05, 0) is 45.0 Å². The van der Waals surface area contributed by atoms with Crippen LogP contribution in [0, 0.1) is 0 Å². The molecule has 3 aromatic rings. The Labute approximate surface area is 137 Å². The Morgan fingerprint density at radius 3 is 1.87 bits per heavy atom. The van der Waals surface area contributed by atoms with Crippen LogP contribution in [0.15, 0.2) is 78.9 Å². The van der Waals surface area contributed by atoms with E-state index in [0.29, 0.717) is 11.6 Å². The van der Waals surface area contributed by atoms with Crippen molar-refractivity contribution in [2.75, 3.05) is 0 Å². The van der Waals surface area contributed by atoms with Gasteiger partial charge >= 0.3 is 0 Å². The molecule has 1 atom stereocenters. The topological polar surface area (TPSA) is 0 Å². The molecule has 0 heterocycles. The van der Waals surface area contributed by atoms with Crippen molar-refractivity contribution in [1.82, 2.24) is 0 Å². The highest BCUT2D eigenvalue weighted by molar-refractivity contribution is 6.43. The fourth-order valence-electron chi connectivity index (χ4n) is 4.30. The van der Waals surface area contributed by atoms with Crippen LogP contribution in [-0.4, -0.2) is 7.28 Å². The Morgan fingerprint density at radius 1 is 0.609 bits per heavy atom. The Balaban J connectivity index is 1.58. The molecule has 1 heteroatoms. The fraction of sp³-hybridized carbons (Fsp3) is 0.0909. The van der Waals surface area contributed by atoms with Gasteiger partial charge in [0, 0.05) is 0 Å². The third-order valence-corrected chi connectivity index (χ3v) is 5.36. The number of benzene rings is 3. The summed E-state index contributed by atoms with van der Waals surface area (Å²) in [7, 11) is 1.15. The van der Waals surface area contributed by atoms with Gasteiger partial charge in [0.25, 0.3) is 0 Å². The highest BCUT2D eigenvalue weighted by Gasteiger charge is 2.32. The molecule has 0 aliphatic heterocycles. The summed E-state index contributed by atoms with van der Waals surface area (Å²) in [6.07, 6.45) is 4.67. The predicted octanol–water partition coefficient (Wildman–Crippen LogP) is 4.96. The molecule has 0 saturated carbocycles. The largest absolute Gasteiger partial charge is 0.149 e. The highest BCUT2D eigenvalue weighted by Crippen LogP contribution is 2.46. The molecule has 5 rings (SSSR count). The van der Waals surface area contributed by atoms with E-state index in [0.717, 1.165) is 7.28 Å². The van der Waals surface area contributed by atoms with E-state index < -0.39 is 0 Å². The molecule has 0 N–H and O–H groups in total. The first-order valence-corrected chi connectivity index (χ1v) is 8.37. The standard InChI is InChI=1S/C22H17B/c1-2-8-16-15(7-1)13-14-21(16)23-22-19-11-5-3-9-17(19)18-10-4-6-12-20(18)22/h1-14,21-23H. The smallest absolute Gasteiger partial charge is 0.0841 e. The summed E-state index contributed by atoms with van der Waals surface area (Å²) in [5.41, 5.74) is 8.69. The van der Waals surface area contributed by atoms with Crippen LogP contribution in [0.25, 0.3) is 17.2 Å². The zero-order valence-corrected chi connectivity index (χ0v) is 12.9. The average Bonchev–Trinajstić information content (AvgIpc) is 3.16. The van der Waals surface area contributed by atoms with Gasteiger partial charge < -0.3 is 0 Å². The van der Waals surface area contributed by atoms with E-state index in [-0.39, 0.29) is 0 Å². The van der Waals surface area contributed by atoms with E-state index in [1.165, 1.54) is 33.4 Å². The lowest BCUT2D eigenvalue weighted by atomic mass is 9.51. The molecule has 108 valence electrons. The van der Waals surface area contributed by atoms with E-state index in [1.807, 2.05) is 0 Å². The molecule has 23 heavy (non-hydrogen) atoms. The van der Waals surface area contributed by atoms with E-state index in [4.69, 9.17) is 0 Å². The van der Waals surface area contributed by atoms with E-state index >= 15 is 0 Å². The van der Waals surface area contributed by atoms with E-state index in [9.17, 15) is 0 Å². The maximum absolute atomic E-state index is 2.38. The maximum Gasteiger partial charge on any atom is 0.149 e. The maximum atomic E-state index is 2.38. The second kappa shape index (κ2) is 4.99. The molecule has 0 spiro atoms. The summed E-state index contributed by atoms with van der Waals surface area (Å²) in [6, 6.07) is 26.6. The molecule has 0 saturated heterocycles. The second-order valence-corrected chi connectivity index (χ2v) is 6.56. The summed E-state index contributed by atoms with van der Waals surface area (Å²) < 4.78 is 0. The third kappa shape index (κ3) is 1.93. The van der Waals surface area contributed by atoms with Gasteiger partial charge in [-0.15, -0.1) is 0 Å². The molecule has 0 amide bonds. The molecular formula is C22H17B. The van der Waals surface area contributed by atoms with Crippen molar-refractivity contribution in [3.8, 4) is 11.1 Å². The van der Waals surface area contributed by atoms with Crippen molar-refractivity contribution in [2.24, 2.45) is 0 Å². The van der Waals surface area contributed by atoms with Crippen LogP contribution in [0.5, 0.6) is 0 Å².